The monoisotopic (exact) mass is 267 g/mol. The second-order valence-electron chi connectivity index (χ2n) is 5.36. The van der Waals surface area contributed by atoms with E-state index in [0.29, 0.717) is 12.0 Å². The van der Waals surface area contributed by atoms with Gasteiger partial charge in [-0.15, -0.1) is 0 Å². The van der Waals surface area contributed by atoms with Crippen LogP contribution in [0.15, 0.2) is 54.6 Å². The summed E-state index contributed by atoms with van der Waals surface area (Å²) in [4.78, 5) is 0. The third-order valence-corrected chi connectivity index (χ3v) is 4.16. The fourth-order valence-corrected chi connectivity index (χ4v) is 3.11. The molecule has 0 unspecified atom stereocenters. The van der Waals surface area contributed by atoms with Crippen LogP contribution >= 0.6 is 0 Å². The topological polar surface area (TPSA) is 21.3 Å². The molecule has 0 aliphatic carbocycles. The van der Waals surface area contributed by atoms with E-state index in [-0.39, 0.29) is 0 Å². The number of hydrogen-bond donors (Lipinski definition) is 1. The molecule has 0 bridgehead atoms. The fourth-order valence-electron chi connectivity index (χ4n) is 3.11. The molecule has 0 amide bonds. The molecule has 1 aliphatic heterocycles. The first-order chi connectivity index (χ1) is 9.88. The lowest BCUT2D eigenvalue weighted by Gasteiger charge is -2.33. The zero-order chi connectivity index (χ0) is 13.8. The molecule has 3 rings (SSSR count). The molecule has 0 aromatic heterocycles. The molecule has 20 heavy (non-hydrogen) atoms. The summed E-state index contributed by atoms with van der Waals surface area (Å²) in [5.41, 5.74) is 2.78. The van der Waals surface area contributed by atoms with E-state index in [2.05, 4.69) is 47.8 Å². The SMILES string of the molecule is COc1ccc([C@@H]2NCCC[C@@H]2c2ccccc2)cc1. The van der Waals surface area contributed by atoms with E-state index < -0.39 is 0 Å². The third-order valence-electron chi connectivity index (χ3n) is 4.16. The average Bonchev–Trinajstić information content (AvgIpc) is 2.56. The Kier molecular flexibility index (Phi) is 4.03. The number of hydrogen-bond acceptors (Lipinski definition) is 2. The molecule has 104 valence electrons. The largest absolute Gasteiger partial charge is 0.497 e. The summed E-state index contributed by atoms with van der Waals surface area (Å²) >= 11 is 0. The van der Waals surface area contributed by atoms with Crippen LogP contribution < -0.4 is 10.1 Å². The Morgan fingerprint density at radius 3 is 2.40 bits per heavy atom. The van der Waals surface area contributed by atoms with Crippen LogP contribution in [0, 0.1) is 0 Å². The standard InChI is InChI=1S/C18H21NO/c1-20-16-11-9-15(10-12-16)18-17(8-5-13-19-18)14-6-3-2-4-7-14/h2-4,6-7,9-12,17-19H,5,8,13H2,1H3/t17-,18+/m1/s1. The molecule has 1 aliphatic rings. The van der Waals surface area contributed by atoms with Crippen LogP contribution in [0.4, 0.5) is 0 Å². The van der Waals surface area contributed by atoms with Crippen LogP contribution in [0.25, 0.3) is 0 Å². The molecule has 0 saturated carbocycles. The summed E-state index contributed by atoms with van der Waals surface area (Å²) in [6, 6.07) is 19.7. The molecule has 2 atom stereocenters. The minimum Gasteiger partial charge on any atom is -0.497 e. The number of methoxy groups -OCH3 is 1. The van der Waals surface area contributed by atoms with Crippen LogP contribution in [-0.4, -0.2) is 13.7 Å². The minimum atomic E-state index is 0.400. The van der Waals surface area contributed by atoms with Gasteiger partial charge in [0.15, 0.2) is 0 Å². The van der Waals surface area contributed by atoms with Crippen LogP contribution in [0.1, 0.15) is 35.9 Å². The van der Waals surface area contributed by atoms with Crippen LogP contribution in [0.5, 0.6) is 5.75 Å². The summed E-state index contributed by atoms with van der Waals surface area (Å²) in [5, 5.41) is 3.68. The highest BCUT2D eigenvalue weighted by molar-refractivity contribution is 5.33. The predicted molar refractivity (Wildman–Crippen MR) is 82.2 cm³/mol. The normalized spacial score (nSPS) is 22.4. The first-order valence-corrected chi connectivity index (χ1v) is 7.31. The Balaban J connectivity index is 1.88. The van der Waals surface area contributed by atoms with E-state index in [9.17, 15) is 0 Å². The van der Waals surface area contributed by atoms with Crippen molar-refractivity contribution in [2.45, 2.75) is 24.8 Å². The first kappa shape index (κ1) is 13.2. The van der Waals surface area contributed by atoms with Crippen molar-refractivity contribution in [1.29, 1.82) is 0 Å². The zero-order valence-electron chi connectivity index (χ0n) is 11.9. The Morgan fingerprint density at radius 1 is 0.950 bits per heavy atom. The highest BCUT2D eigenvalue weighted by Crippen LogP contribution is 2.37. The van der Waals surface area contributed by atoms with Gasteiger partial charge in [-0.3, -0.25) is 0 Å². The molecule has 0 radical (unpaired) electrons. The smallest absolute Gasteiger partial charge is 0.118 e. The van der Waals surface area contributed by atoms with Gasteiger partial charge in [0.25, 0.3) is 0 Å². The van der Waals surface area contributed by atoms with Crippen molar-refractivity contribution >= 4 is 0 Å². The van der Waals surface area contributed by atoms with Gasteiger partial charge in [-0.2, -0.15) is 0 Å². The summed E-state index contributed by atoms with van der Waals surface area (Å²) in [5.74, 6) is 1.47. The molecular formula is C18H21NO. The van der Waals surface area contributed by atoms with Crippen molar-refractivity contribution in [2.75, 3.05) is 13.7 Å². The van der Waals surface area contributed by atoms with E-state index in [0.717, 1.165) is 12.3 Å². The molecule has 0 spiro atoms. The van der Waals surface area contributed by atoms with E-state index in [1.165, 1.54) is 24.0 Å². The van der Waals surface area contributed by atoms with Gasteiger partial charge >= 0.3 is 0 Å². The van der Waals surface area contributed by atoms with Gasteiger partial charge in [0, 0.05) is 12.0 Å². The van der Waals surface area contributed by atoms with Gasteiger partial charge in [0.2, 0.25) is 0 Å². The van der Waals surface area contributed by atoms with E-state index in [1.807, 2.05) is 12.1 Å². The first-order valence-electron chi connectivity index (χ1n) is 7.31. The van der Waals surface area contributed by atoms with E-state index >= 15 is 0 Å². The number of ether oxygens (including phenoxy) is 1. The van der Waals surface area contributed by atoms with Gasteiger partial charge < -0.3 is 10.1 Å². The quantitative estimate of drug-likeness (QED) is 0.910. The fraction of sp³-hybridized carbons (Fsp3) is 0.333. The summed E-state index contributed by atoms with van der Waals surface area (Å²) in [6.07, 6.45) is 2.49. The summed E-state index contributed by atoms with van der Waals surface area (Å²) < 4.78 is 5.25. The molecule has 2 nitrogen and oxygen atoms in total. The van der Waals surface area contributed by atoms with Gasteiger partial charge in [0.1, 0.15) is 5.75 Å². The van der Waals surface area contributed by atoms with Gasteiger partial charge in [0.05, 0.1) is 7.11 Å². The molecule has 1 fully saturated rings. The molecular weight excluding hydrogens is 246 g/mol. The van der Waals surface area contributed by atoms with E-state index in [4.69, 9.17) is 4.74 Å². The van der Waals surface area contributed by atoms with Crippen LogP contribution in [-0.2, 0) is 0 Å². The predicted octanol–water partition coefficient (Wildman–Crippen LogP) is 3.90. The average molecular weight is 267 g/mol. The van der Waals surface area contributed by atoms with E-state index in [1.54, 1.807) is 7.11 Å². The van der Waals surface area contributed by atoms with Crippen molar-refractivity contribution in [2.24, 2.45) is 0 Å². The molecule has 2 aromatic carbocycles. The van der Waals surface area contributed by atoms with Crippen molar-refractivity contribution in [1.82, 2.24) is 5.32 Å². The van der Waals surface area contributed by atoms with Gasteiger partial charge in [-0.05, 0) is 42.6 Å². The van der Waals surface area contributed by atoms with Crippen LogP contribution in [0.3, 0.4) is 0 Å². The van der Waals surface area contributed by atoms with Crippen molar-refractivity contribution in [3.05, 3.63) is 65.7 Å². The molecule has 2 heteroatoms. The number of nitrogens with one attached hydrogen (secondary N) is 1. The van der Waals surface area contributed by atoms with Gasteiger partial charge in [-0.1, -0.05) is 42.5 Å². The Morgan fingerprint density at radius 2 is 1.70 bits per heavy atom. The maximum absolute atomic E-state index is 5.25. The maximum Gasteiger partial charge on any atom is 0.118 e. The van der Waals surface area contributed by atoms with Crippen molar-refractivity contribution in [3.8, 4) is 5.75 Å². The molecule has 2 aromatic rings. The minimum absolute atomic E-state index is 0.400. The van der Waals surface area contributed by atoms with Crippen molar-refractivity contribution < 1.29 is 4.74 Å². The molecule has 1 heterocycles. The van der Waals surface area contributed by atoms with Crippen LogP contribution in [0.2, 0.25) is 0 Å². The highest BCUT2D eigenvalue weighted by atomic mass is 16.5. The lowest BCUT2D eigenvalue weighted by atomic mass is 9.81. The number of benzene rings is 2. The van der Waals surface area contributed by atoms with Gasteiger partial charge in [-0.25, -0.2) is 0 Å². The Bertz CT molecular complexity index is 535. The molecule has 1 saturated heterocycles. The summed E-state index contributed by atoms with van der Waals surface area (Å²) in [6.45, 7) is 1.10. The lowest BCUT2D eigenvalue weighted by Crippen LogP contribution is -2.32. The maximum atomic E-state index is 5.25. The molecule has 1 N–H and O–H groups in total. The highest BCUT2D eigenvalue weighted by Gasteiger charge is 2.27. The van der Waals surface area contributed by atoms with Crippen molar-refractivity contribution in [3.63, 3.8) is 0 Å². The second kappa shape index (κ2) is 6.10. The summed E-state index contributed by atoms with van der Waals surface area (Å²) in [7, 11) is 1.71. The number of piperidine rings is 1. The lowest BCUT2D eigenvalue weighted by molar-refractivity contribution is 0.358. The zero-order valence-corrected chi connectivity index (χ0v) is 11.9. The number of rotatable bonds is 3. The second-order valence-corrected chi connectivity index (χ2v) is 5.36. The third kappa shape index (κ3) is 2.70. The Hall–Kier alpha value is -1.80. The Labute approximate surface area is 120 Å².